The molecule has 5 nitrogen and oxygen atoms in total. The van der Waals surface area contributed by atoms with E-state index in [9.17, 15) is 4.79 Å². The van der Waals surface area contributed by atoms with Crippen LogP contribution in [0.15, 0.2) is 28.9 Å². The molecule has 1 heterocycles. The van der Waals surface area contributed by atoms with Crippen molar-refractivity contribution in [3.63, 3.8) is 0 Å². The van der Waals surface area contributed by atoms with E-state index in [0.717, 1.165) is 4.34 Å². The summed E-state index contributed by atoms with van der Waals surface area (Å²) in [6.45, 7) is 0. The van der Waals surface area contributed by atoms with Crippen LogP contribution in [0.25, 0.3) is 0 Å². The summed E-state index contributed by atoms with van der Waals surface area (Å²) in [5.74, 6) is -0.488. The van der Waals surface area contributed by atoms with Crippen LogP contribution >= 0.6 is 23.3 Å². The Hall–Kier alpha value is -1.60. The van der Waals surface area contributed by atoms with Crippen LogP contribution in [0.4, 0.5) is 5.69 Å². The lowest BCUT2D eigenvalue weighted by Gasteiger charge is -2.07. The van der Waals surface area contributed by atoms with Gasteiger partial charge in [0.2, 0.25) is 0 Å². The fraction of sp³-hybridized carbons (Fsp3) is 0.100. The fourth-order valence-electron chi connectivity index (χ4n) is 1.37. The van der Waals surface area contributed by atoms with Gasteiger partial charge in [-0.2, -0.15) is 4.37 Å². The third kappa shape index (κ3) is 2.75. The van der Waals surface area contributed by atoms with Crippen LogP contribution in [0, 0.1) is 0 Å². The monoisotopic (exact) mass is 267 g/mol. The lowest BCUT2D eigenvalue weighted by molar-refractivity contribution is 0.0697. The van der Waals surface area contributed by atoms with Gasteiger partial charge in [0.1, 0.15) is 6.33 Å². The molecule has 0 aliphatic heterocycles. The number of carbonyl (C=O) groups is 1. The van der Waals surface area contributed by atoms with Crippen LogP contribution in [-0.2, 0) is 5.75 Å². The summed E-state index contributed by atoms with van der Waals surface area (Å²) in [4.78, 5) is 15.1. The van der Waals surface area contributed by atoms with E-state index in [1.54, 1.807) is 18.2 Å². The largest absolute Gasteiger partial charge is 0.478 e. The highest BCUT2D eigenvalue weighted by atomic mass is 32.2. The number of hydrogen-bond acceptors (Lipinski definition) is 6. The topological polar surface area (TPSA) is 89.1 Å². The van der Waals surface area contributed by atoms with Crippen molar-refractivity contribution < 1.29 is 9.90 Å². The second-order valence-corrected chi connectivity index (χ2v) is 5.18. The second kappa shape index (κ2) is 5.15. The molecule has 0 unspecified atom stereocenters. The van der Waals surface area contributed by atoms with Gasteiger partial charge in [-0.15, -0.1) is 0 Å². The molecular weight excluding hydrogens is 258 g/mol. The number of carboxylic acids is 1. The predicted octanol–water partition coefficient (Wildman–Crippen LogP) is 2.11. The lowest BCUT2D eigenvalue weighted by atomic mass is 10.1. The molecule has 0 saturated heterocycles. The zero-order chi connectivity index (χ0) is 12.3. The highest BCUT2D eigenvalue weighted by Crippen LogP contribution is 2.27. The molecule has 3 N–H and O–H groups in total. The number of aromatic carboxylic acids is 1. The number of aromatic nitrogens is 2. The van der Waals surface area contributed by atoms with Crippen molar-refractivity contribution in [2.45, 2.75) is 10.1 Å². The molecule has 2 aromatic rings. The smallest absolute Gasteiger partial charge is 0.338 e. The molecule has 7 heteroatoms. The summed E-state index contributed by atoms with van der Waals surface area (Å²) in [6.07, 6.45) is 1.48. The van der Waals surface area contributed by atoms with Gasteiger partial charge in [0.15, 0.2) is 4.34 Å². The lowest BCUT2D eigenvalue weighted by Crippen LogP contribution is -2.06. The van der Waals surface area contributed by atoms with Gasteiger partial charge in [0, 0.05) is 11.4 Å². The molecule has 1 aromatic carbocycles. The maximum absolute atomic E-state index is 11.1. The Bertz CT molecular complexity index is 528. The molecule has 0 spiro atoms. The van der Waals surface area contributed by atoms with Gasteiger partial charge in [-0.05, 0) is 23.2 Å². The number of rotatable bonds is 4. The Kier molecular flexibility index (Phi) is 3.60. The minimum atomic E-state index is -1.00. The molecular formula is C10H9N3O2S2. The van der Waals surface area contributed by atoms with Crippen LogP contribution in [0.5, 0.6) is 0 Å². The maximum Gasteiger partial charge on any atom is 0.338 e. The number of anilines is 1. The molecule has 0 aliphatic rings. The van der Waals surface area contributed by atoms with Crippen molar-refractivity contribution in [1.29, 1.82) is 0 Å². The minimum absolute atomic E-state index is 0.171. The maximum atomic E-state index is 11.1. The molecule has 1 aromatic heterocycles. The molecule has 0 aliphatic carbocycles. The number of hydrogen-bond donors (Lipinski definition) is 2. The SMILES string of the molecule is Nc1cccc(CSc2ncns2)c1C(=O)O. The van der Waals surface area contributed by atoms with Crippen LogP contribution in [0.3, 0.4) is 0 Å². The first-order valence-corrected chi connectivity index (χ1v) is 6.44. The van der Waals surface area contributed by atoms with Crippen molar-refractivity contribution in [2.75, 3.05) is 5.73 Å². The number of nitrogens with two attached hydrogens (primary N) is 1. The molecule has 2 rings (SSSR count). The van der Waals surface area contributed by atoms with Crippen molar-refractivity contribution in [1.82, 2.24) is 9.36 Å². The van der Waals surface area contributed by atoms with Crippen molar-refractivity contribution in [2.24, 2.45) is 0 Å². The molecule has 0 amide bonds. The Morgan fingerprint density at radius 2 is 2.35 bits per heavy atom. The molecule has 0 atom stereocenters. The number of thioether (sulfide) groups is 1. The number of benzene rings is 1. The summed E-state index contributed by atoms with van der Waals surface area (Å²) in [6, 6.07) is 5.09. The van der Waals surface area contributed by atoms with E-state index in [1.807, 2.05) is 0 Å². The van der Waals surface area contributed by atoms with Gasteiger partial charge >= 0.3 is 5.97 Å². The van der Waals surface area contributed by atoms with Gasteiger partial charge in [-0.25, -0.2) is 9.78 Å². The second-order valence-electron chi connectivity index (χ2n) is 3.18. The summed E-state index contributed by atoms with van der Waals surface area (Å²) in [5, 5.41) is 9.09. The summed E-state index contributed by atoms with van der Waals surface area (Å²) in [5.41, 5.74) is 6.80. The zero-order valence-corrected chi connectivity index (χ0v) is 10.3. The van der Waals surface area contributed by atoms with Gasteiger partial charge in [0.05, 0.1) is 5.56 Å². The highest BCUT2D eigenvalue weighted by Gasteiger charge is 2.13. The van der Waals surface area contributed by atoms with Crippen molar-refractivity contribution in [3.8, 4) is 0 Å². The van der Waals surface area contributed by atoms with Crippen LogP contribution < -0.4 is 5.73 Å². The van der Waals surface area contributed by atoms with E-state index < -0.39 is 5.97 Å². The Labute approximate surface area is 106 Å². The quantitative estimate of drug-likeness (QED) is 0.651. The van der Waals surface area contributed by atoms with Crippen LogP contribution in [-0.4, -0.2) is 20.4 Å². The predicted molar refractivity (Wildman–Crippen MR) is 67.3 cm³/mol. The van der Waals surface area contributed by atoms with E-state index in [4.69, 9.17) is 10.8 Å². The van der Waals surface area contributed by atoms with Gasteiger partial charge in [-0.1, -0.05) is 23.9 Å². The van der Waals surface area contributed by atoms with Gasteiger partial charge in [-0.3, -0.25) is 0 Å². The molecule has 0 saturated carbocycles. The van der Waals surface area contributed by atoms with E-state index >= 15 is 0 Å². The normalized spacial score (nSPS) is 10.4. The molecule has 0 fully saturated rings. The van der Waals surface area contributed by atoms with E-state index in [2.05, 4.69) is 9.36 Å². The van der Waals surface area contributed by atoms with Gasteiger partial charge in [0.25, 0.3) is 0 Å². The molecule has 0 radical (unpaired) electrons. The summed E-state index contributed by atoms with van der Waals surface area (Å²) in [7, 11) is 0. The van der Waals surface area contributed by atoms with E-state index in [1.165, 1.54) is 29.6 Å². The standard InChI is InChI=1S/C10H9N3O2S2/c11-7-3-1-2-6(8(7)9(14)15)4-16-10-12-5-13-17-10/h1-3,5H,4,11H2,(H,14,15). The third-order valence-electron chi connectivity index (χ3n) is 2.09. The van der Waals surface area contributed by atoms with E-state index in [0.29, 0.717) is 11.3 Å². The Balaban J connectivity index is 2.21. The molecule has 0 bridgehead atoms. The summed E-state index contributed by atoms with van der Waals surface area (Å²) >= 11 is 2.73. The molecule has 17 heavy (non-hydrogen) atoms. The van der Waals surface area contributed by atoms with E-state index in [-0.39, 0.29) is 11.3 Å². The van der Waals surface area contributed by atoms with Crippen molar-refractivity contribution in [3.05, 3.63) is 35.7 Å². The van der Waals surface area contributed by atoms with Crippen LogP contribution in [0.1, 0.15) is 15.9 Å². The fourth-order valence-corrected chi connectivity index (χ4v) is 2.80. The number of nitrogens with zero attached hydrogens (tertiary/aromatic N) is 2. The first-order chi connectivity index (χ1) is 8.18. The first kappa shape index (κ1) is 11.9. The zero-order valence-electron chi connectivity index (χ0n) is 8.66. The Morgan fingerprint density at radius 1 is 1.53 bits per heavy atom. The average molecular weight is 267 g/mol. The number of nitrogen functional groups attached to an aromatic ring is 1. The Morgan fingerprint density at radius 3 is 3.00 bits per heavy atom. The number of carboxylic acid groups (broad SMARTS) is 1. The highest BCUT2D eigenvalue weighted by molar-refractivity contribution is 8.00. The van der Waals surface area contributed by atoms with Crippen molar-refractivity contribution >= 4 is 35.0 Å². The third-order valence-corrected chi connectivity index (χ3v) is 3.94. The minimum Gasteiger partial charge on any atom is -0.478 e. The van der Waals surface area contributed by atoms with Gasteiger partial charge < -0.3 is 10.8 Å². The average Bonchev–Trinajstić information content (AvgIpc) is 2.78. The summed E-state index contributed by atoms with van der Waals surface area (Å²) < 4.78 is 4.69. The first-order valence-electron chi connectivity index (χ1n) is 4.68. The molecule has 88 valence electrons. The van der Waals surface area contributed by atoms with Crippen LogP contribution in [0.2, 0.25) is 0 Å².